The molecule has 5 heteroatoms. The second-order valence-electron chi connectivity index (χ2n) is 6.07. The molecule has 0 aliphatic carbocycles. The van der Waals surface area contributed by atoms with E-state index in [0.717, 1.165) is 27.1 Å². The first-order valence-electron chi connectivity index (χ1n) is 8.11. The van der Waals surface area contributed by atoms with Gasteiger partial charge in [0.05, 0.1) is 12.0 Å². The van der Waals surface area contributed by atoms with Gasteiger partial charge in [0.1, 0.15) is 5.75 Å². The van der Waals surface area contributed by atoms with Crippen molar-refractivity contribution in [1.82, 2.24) is 0 Å². The van der Waals surface area contributed by atoms with Crippen LogP contribution in [0.1, 0.15) is 0 Å². The first-order chi connectivity index (χ1) is 12.5. The van der Waals surface area contributed by atoms with Crippen molar-refractivity contribution >= 4 is 31.6 Å². The highest BCUT2D eigenvalue weighted by molar-refractivity contribution is 7.89. The summed E-state index contributed by atoms with van der Waals surface area (Å²) >= 11 is 0. The van der Waals surface area contributed by atoms with E-state index in [9.17, 15) is 8.42 Å². The largest absolute Gasteiger partial charge is 0.496 e. The molecular formula is C21H17NO3S. The second kappa shape index (κ2) is 6.12. The van der Waals surface area contributed by atoms with Crippen LogP contribution in [0.2, 0.25) is 0 Å². The quantitative estimate of drug-likeness (QED) is 0.589. The number of rotatable bonds is 3. The molecule has 0 aliphatic rings. The summed E-state index contributed by atoms with van der Waals surface area (Å²) in [5.74, 6) is 0.602. The van der Waals surface area contributed by atoms with Crippen molar-refractivity contribution < 1.29 is 13.2 Å². The maximum Gasteiger partial charge on any atom is 0.238 e. The number of ether oxygens (including phenoxy) is 1. The van der Waals surface area contributed by atoms with E-state index < -0.39 is 10.0 Å². The summed E-state index contributed by atoms with van der Waals surface area (Å²) in [6.45, 7) is 0. The van der Waals surface area contributed by atoms with Crippen LogP contribution in [-0.4, -0.2) is 15.5 Å². The molecule has 0 aliphatic heterocycles. The lowest BCUT2D eigenvalue weighted by Gasteiger charge is -2.17. The third-order valence-electron chi connectivity index (χ3n) is 4.56. The van der Waals surface area contributed by atoms with Crippen molar-refractivity contribution in [3.05, 3.63) is 72.8 Å². The molecule has 130 valence electrons. The third-order valence-corrected chi connectivity index (χ3v) is 5.51. The van der Waals surface area contributed by atoms with Crippen LogP contribution in [0.5, 0.6) is 5.75 Å². The minimum atomic E-state index is -3.92. The fraction of sp³-hybridized carbons (Fsp3) is 0.0476. The maximum absolute atomic E-state index is 12.3. The number of benzene rings is 4. The zero-order valence-electron chi connectivity index (χ0n) is 14.1. The van der Waals surface area contributed by atoms with Crippen LogP contribution in [0.25, 0.3) is 32.7 Å². The molecule has 4 rings (SSSR count). The minimum Gasteiger partial charge on any atom is -0.496 e. The van der Waals surface area contributed by atoms with Crippen LogP contribution in [0, 0.1) is 0 Å². The van der Waals surface area contributed by atoms with Gasteiger partial charge in [-0.2, -0.15) is 0 Å². The Morgan fingerprint density at radius 1 is 0.731 bits per heavy atom. The number of methoxy groups -OCH3 is 1. The van der Waals surface area contributed by atoms with Crippen LogP contribution in [0.3, 0.4) is 0 Å². The zero-order valence-corrected chi connectivity index (χ0v) is 15.0. The highest BCUT2D eigenvalue weighted by Gasteiger charge is 2.22. The molecule has 4 aromatic carbocycles. The Kier molecular flexibility index (Phi) is 3.90. The van der Waals surface area contributed by atoms with E-state index in [2.05, 4.69) is 0 Å². The summed E-state index contributed by atoms with van der Waals surface area (Å²) in [6, 6.07) is 22.6. The van der Waals surface area contributed by atoms with Crippen LogP contribution in [-0.2, 0) is 10.0 Å². The summed E-state index contributed by atoms with van der Waals surface area (Å²) in [7, 11) is -2.34. The lowest BCUT2D eigenvalue weighted by molar-refractivity contribution is 0.417. The number of hydrogen-bond acceptors (Lipinski definition) is 3. The molecular weight excluding hydrogens is 346 g/mol. The summed E-state index contributed by atoms with van der Waals surface area (Å²) in [6.07, 6.45) is 0. The van der Waals surface area contributed by atoms with Gasteiger partial charge in [0.15, 0.2) is 0 Å². The highest BCUT2D eigenvalue weighted by atomic mass is 32.2. The smallest absolute Gasteiger partial charge is 0.238 e. The first-order valence-corrected chi connectivity index (χ1v) is 9.66. The van der Waals surface area contributed by atoms with E-state index in [1.807, 2.05) is 60.7 Å². The molecule has 4 nitrogen and oxygen atoms in total. The van der Waals surface area contributed by atoms with Crippen molar-refractivity contribution in [3.8, 4) is 16.9 Å². The van der Waals surface area contributed by atoms with Crippen LogP contribution >= 0.6 is 0 Å². The van der Waals surface area contributed by atoms with Crippen molar-refractivity contribution in [3.63, 3.8) is 0 Å². The minimum absolute atomic E-state index is 0.0888. The molecule has 26 heavy (non-hydrogen) atoms. The monoisotopic (exact) mass is 363 g/mol. The number of sulfonamides is 1. The number of fused-ring (bicyclic) bond motifs is 2. The Morgan fingerprint density at radius 2 is 1.27 bits per heavy atom. The highest BCUT2D eigenvalue weighted by Crippen LogP contribution is 2.43. The van der Waals surface area contributed by atoms with Crippen LogP contribution in [0.15, 0.2) is 77.7 Å². The van der Waals surface area contributed by atoms with Crippen molar-refractivity contribution in [1.29, 1.82) is 0 Å². The first kappa shape index (κ1) is 16.6. The molecule has 0 unspecified atom stereocenters. The zero-order chi connectivity index (χ0) is 18.3. The molecule has 0 atom stereocenters. The van der Waals surface area contributed by atoms with Gasteiger partial charge in [0, 0.05) is 11.1 Å². The fourth-order valence-electron chi connectivity index (χ4n) is 3.43. The molecule has 0 spiro atoms. The predicted octanol–water partition coefficient (Wildman–Crippen LogP) is 4.32. The van der Waals surface area contributed by atoms with Gasteiger partial charge in [-0.15, -0.1) is 0 Å². The van der Waals surface area contributed by atoms with Gasteiger partial charge in [-0.3, -0.25) is 0 Å². The molecule has 0 amide bonds. The van der Waals surface area contributed by atoms with Gasteiger partial charge in [0.2, 0.25) is 10.0 Å². The standard InChI is InChI=1S/C21H17NO3S/c1-25-18-12-10-14-6-2-4-8-16(14)20(18)21-17-9-5-3-7-15(17)11-13-19(21)26(22,23)24/h2-13H,1H3,(H2,22,23,24). The number of nitrogens with two attached hydrogens (primary N) is 1. The Labute approximate surface area is 151 Å². The van der Waals surface area contributed by atoms with E-state index in [1.165, 1.54) is 0 Å². The molecule has 0 heterocycles. The van der Waals surface area contributed by atoms with Gasteiger partial charge >= 0.3 is 0 Å². The summed E-state index contributed by atoms with van der Waals surface area (Å²) < 4.78 is 30.3. The lowest BCUT2D eigenvalue weighted by atomic mass is 9.93. The second-order valence-corrected chi connectivity index (χ2v) is 7.60. The van der Waals surface area contributed by atoms with Crippen LogP contribution < -0.4 is 9.88 Å². The Morgan fingerprint density at radius 3 is 1.85 bits per heavy atom. The summed E-state index contributed by atoms with van der Waals surface area (Å²) in [5.41, 5.74) is 1.30. The Hall–Kier alpha value is -2.89. The molecule has 0 radical (unpaired) electrons. The summed E-state index contributed by atoms with van der Waals surface area (Å²) in [5, 5.41) is 9.21. The van der Waals surface area contributed by atoms with E-state index in [4.69, 9.17) is 9.88 Å². The SMILES string of the molecule is COc1ccc2ccccc2c1-c1c(S(N)(=O)=O)ccc2ccccc12. The lowest BCUT2D eigenvalue weighted by Crippen LogP contribution is -2.13. The molecule has 0 bridgehead atoms. The van der Waals surface area contributed by atoms with Crippen molar-refractivity contribution in [2.45, 2.75) is 4.90 Å². The molecule has 2 N–H and O–H groups in total. The van der Waals surface area contributed by atoms with E-state index in [0.29, 0.717) is 11.3 Å². The van der Waals surface area contributed by atoms with Gasteiger partial charge in [-0.05, 0) is 33.7 Å². The van der Waals surface area contributed by atoms with Gasteiger partial charge in [-0.25, -0.2) is 13.6 Å². The third kappa shape index (κ3) is 2.62. The molecule has 0 aromatic heterocycles. The normalized spacial score (nSPS) is 11.8. The van der Waals surface area contributed by atoms with E-state index in [-0.39, 0.29) is 4.90 Å². The van der Waals surface area contributed by atoms with E-state index in [1.54, 1.807) is 19.2 Å². The van der Waals surface area contributed by atoms with Crippen LogP contribution in [0.4, 0.5) is 0 Å². The predicted molar refractivity (Wildman–Crippen MR) is 105 cm³/mol. The van der Waals surface area contributed by atoms with Crippen molar-refractivity contribution in [2.75, 3.05) is 7.11 Å². The summed E-state index contributed by atoms with van der Waals surface area (Å²) in [4.78, 5) is 0.0888. The fourth-order valence-corrected chi connectivity index (χ4v) is 4.18. The average Bonchev–Trinajstić information content (AvgIpc) is 2.65. The van der Waals surface area contributed by atoms with Gasteiger partial charge < -0.3 is 4.74 Å². The topological polar surface area (TPSA) is 69.4 Å². The molecule has 0 saturated carbocycles. The molecule has 0 fully saturated rings. The Bertz CT molecular complexity index is 1250. The molecule has 0 saturated heterocycles. The van der Waals surface area contributed by atoms with Crippen molar-refractivity contribution in [2.24, 2.45) is 5.14 Å². The van der Waals surface area contributed by atoms with E-state index >= 15 is 0 Å². The number of primary sulfonamides is 1. The van der Waals surface area contributed by atoms with Gasteiger partial charge in [0.25, 0.3) is 0 Å². The Balaban J connectivity index is 2.28. The maximum atomic E-state index is 12.3. The number of hydrogen-bond donors (Lipinski definition) is 1. The average molecular weight is 363 g/mol. The van der Waals surface area contributed by atoms with Gasteiger partial charge in [-0.1, -0.05) is 60.7 Å². The molecule has 4 aromatic rings.